The van der Waals surface area contributed by atoms with Crippen LogP contribution in [0.1, 0.15) is 17.0 Å². The predicted molar refractivity (Wildman–Crippen MR) is 100 cm³/mol. The zero-order valence-electron chi connectivity index (χ0n) is 14.5. The number of hydrogen-bond donors (Lipinski definition) is 2. The van der Waals surface area contributed by atoms with E-state index in [1.807, 2.05) is 48.5 Å². The van der Waals surface area contributed by atoms with E-state index in [1.54, 1.807) is 13.1 Å². The van der Waals surface area contributed by atoms with Crippen molar-refractivity contribution in [2.24, 2.45) is 0 Å². The van der Waals surface area contributed by atoms with Crippen LogP contribution in [0.4, 0.5) is 0 Å². The molecule has 0 atom stereocenters. The second-order valence-corrected chi connectivity index (χ2v) is 6.19. The minimum Gasteiger partial charge on any atom is -0.311 e. The van der Waals surface area contributed by atoms with E-state index < -0.39 is 5.76 Å². The summed E-state index contributed by atoms with van der Waals surface area (Å²) < 4.78 is 4.62. The average Bonchev–Trinajstić information content (AvgIpc) is 3.11. The summed E-state index contributed by atoms with van der Waals surface area (Å²) in [6.07, 6.45) is 2.11. The van der Waals surface area contributed by atoms with E-state index in [1.165, 1.54) is 0 Å². The lowest BCUT2D eigenvalue weighted by Crippen LogP contribution is -2.14. The van der Waals surface area contributed by atoms with Crippen molar-refractivity contribution in [3.05, 3.63) is 92.6 Å². The maximum Gasteiger partial charge on any atom is 0.439 e. The summed E-state index contributed by atoms with van der Waals surface area (Å²) >= 11 is 0. The predicted octanol–water partition coefficient (Wildman–Crippen LogP) is 2.68. The third-order valence-electron chi connectivity index (χ3n) is 4.28. The Balaban J connectivity index is 1.65. The number of aromatic amines is 2. The average molecular weight is 360 g/mol. The van der Waals surface area contributed by atoms with Gasteiger partial charge in [-0.05, 0) is 23.6 Å². The highest BCUT2D eigenvalue weighted by Crippen LogP contribution is 2.29. The number of aryl methyl sites for hydroxylation is 1. The molecule has 2 aromatic carbocycles. The topological polar surface area (TPSA) is 105 Å². The van der Waals surface area contributed by atoms with Gasteiger partial charge in [0.25, 0.3) is 5.56 Å². The number of nitrogens with one attached hydrogen (secondary N) is 2. The van der Waals surface area contributed by atoms with E-state index in [9.17, 15) is 9.59 Å². The summed E-state index contributed by atoms with van der Waals surface area (Å²) in [6.45, 7) is 1.75. The van der Waals surface area contributed by atoms with Gasteiger partial charge in [0, 0.05) is 23.7 Å². The van der Waals surface area contributed by atoms with Crippen LogP contribution in [0.15, 0.2) is 68.8 Å². The van der Waals surface area contributed by atoms with Crippen molar-refractivity contribution < 1.29 is 4.52 Å². The minimum atomic E-state index is -0.591. The Morgan fingerprint density at radius 3 is 2.37 bits per heavy atom. The van der Waals surface area contributed by atoms with Crippen molar-refractivity contribution in [3.63, 3.8) is 0 Å². The lowest BCUT2D eigenvalue weighted by Gasteiger charge is -2.08. The number of H-pyrrole nitrogens is 2. The summed E-state index contributed by atoms with van der Waals surface area (Å²) in [5.74, 6) is 0.394. The van der Waals surface area contributed by atoms with Crippen LogP contribution in [0.2, 0.25) is 0 Å². The van der Waals surface area contributed by atoms with Gasteiger partial charge in [0.15, 0.2) is 5.82 Å². The standard InChI is InChI=1S/C20H16N4O3/c1-12-21-11-15(19(25)22-12)10-13-6-8-14(9-7-13)16-4-2-3-5-17(16)18-23-20(26)27-24-18/h2-9,11H,10H2,1H3,(H,21,22,25)(H,23,24,26). The van der Waals surface area contributed by atoms with Crippen molar-refractivity contribution >= 4 is 0 Å². The highest BCUT2D eigenvalue weighted by atomic mass is 16.5. The highest BCUT2D eigenvalue weighted by molar-refractivity contribution is 5.80. The Morgan fingerprint density at radius 1 is 0.963 bits per heavy atom. The third kappa shape index (κ3) is 3.48. The lowest BCUT2D eigenvalue weighted by molar-refractivity contribution is 0.388. The summed E-state index contributed by atoms with van der Waals surface area (Å²) in [7, 11) is 0. The zero-order valence-corrected chi connectivity index (χ0v) is 14.5. The summed E-state index contributed by atoms with van der Waals surface area (Å²) in [5, 5.41) is 3.77. The second-order valence-electron chi connectivity index (χ2n) is 6.19. The van der Waals surface area contributed by atoms with E-state index in [0.717, 1.165) is 22.3 Å². The van der Waals surface area contributed by atoms with E-state index in [2.05, 4.69) is 24.6 Å². The van der Waals surface area contributed by atoms with Gasteiger partial charge < -0.3 is 4.98 Å². The van der Waals surface area contributed by atoms with Crippen LogP contribution in [-0.4, -0.2) is 20.1 Å². The lowest BCUT2D eigenvalue weighted by atomic mass is 9.97. The molecule has 0 aliphatic rings. The summed E-state index contributed by atoms with van der Waals surface area (Å²) in [4.78, 5) is 32.7. The van der Waals surface area contributed by atoms with Crippen molar-refractivity contribution in [2.75, 3.05) is 0 Å². The van der Waals surface area contributed by atoms with E-state index in [-0.39, 0.29) is 5.56 Å². The molecule has 0 amide bonds. The van der Waals surface area contributed by atoms with Gasteiger partial charge in [0.2, 0.25) is 0 Å². The minimum absolute atomic E-state index is 0.119. The monoisotopic (exact) mass is 360 g/mol. The first-order valence-electron chi connectivity index (χ1n) is 8.39. The van der Waals surface area contributed by atoms with Crippen molar-refractivity contribution in [1.29, 1.82) is 0 Å². The fourth-order valence-corrected chi connectivity index (χ4v) is 2.95. The summed E-state index contributed by atoms with van der Waals surface area (Å²) in [5.41, 5.74) is 4.16. The number of aromatic nitrogens is 4. The first kappa shape index (κ1) is 16.7. The van der Waals surface area contributed by atoms with Gasteiger partial charge in [-0.3, -0.25) is 14.3 Å². The van der Waals surface area contributed by atoms with E-state index in [0.29, 0.717) is 23.6 Å². The molecule has 0 saturated heterocycles. The van der Waals surface area contributed by atoms with Gasteiger partial charge in [-0.25, -0.2) is 9.78 Å². The third-order valence-corrected chi connectivity index (χ3v) is 4.28. The molecular weight excluding hydrogens is 344 g/mol. The molecule has 0 aliphatic carbocycles. The molecule has 2 N–H and O–H groups in total. The van der Waals surface area contributed by atoms with Crippen LogP contribution in [0.3, 0.4) is 0 Å². The van der Waals surface area contributed by atoms with Gasteiger partial charge in [-0.15, -0.1) is 0 Å². The Labute approximate surface area is 153 Å². The Kier molecular flexibility index (Phi) is 4.25. The van der Waals surface area contributed by atoms with Gasteiger partial charge in [-0.1, -0.05) is 53.7 Å². The molecule has 7 nitrogen and oxygen atoms in total. The van der Waals surface area contributed by atoms with Crippen molar-refractivity contribution in [2.45, 2.75) is 13.3 Å². The molecule has 0 fully saturated rings. The molecule has 7 heteroatoms. The Morgan fingerprint density at radius 2 is 1.70 bits per heavy atom. The number of rotatable bonds is 4. The zero-order chi connectivity index (χ0) is 18.8. The molecule has 0 aliphatic heterocycles. The molecule has 2 aromatic heterocycles. The van der Waals surface area contributed by atoms with Gasteiger partial charge >= 0.3 is 5.76 Å². The molecular formula is C20H16N4O3. The van der Waals surface area contributed by atoms with Crippen LogP contribution in [0.5, 0.6) is 0 Å². The van der Waals surface area contributed by atoms with Crippen LogP contribution in [0.25, 0.3) is 22.5 Å². The number of benzene rings is 2. The summed E-state index contributed by atoms with van der Waals surface area (Å²) in [6, 6.07) is 15.5. The fourth-order valence-electron chi connectivity index (χ4n) is 2.95. The quantitative estimate of drug-likeness (QED) is 0.582. The molecule has 4 aromatic rings. The molecule has 4 rings (SSSR count). The molecule has 0 bridgehead atoms. The van der Waals surface area contributed by atoms with Crippen LogP contribution in [-0.2, 0) is 6.42 Å². The van der Waals surface area contributed by atoms with Crippen LogP contribution in [0, 0.1) is 6.92 Å². The van der Waals surface area contributed by atoms with Crippen molar-refractivity contribution in [1.82, 2.24) is 20.1 Å². The first-order valence-corrected chi connectivity index (χ1v) is 8.39. The van der Waals surface area contributed by atoms with Crippen LogP contribution >= 0.6 is 0 Å². The largest absolute Gasteiger partial charge is 0.439 e. The maximum atomic E-state index is 12.0. The molecule has 0 unspecified atom stereocenters. The SMILES string of the molecule is Cc1ncc(Cc2ccc(-c3ccccc3-c3noc(=O)[nH]3)cc2)c(=O)[nH]1. The Bertz CT molecular complexity index is 1200. The maximum absolute atomic E-state index is 12.0. The van der Waals surface area contributed by atoms with Gasteiger partial charge in [-0.2, -0.15) is 0 Å². The van der Waals surface area contributed by atoms with Gasteiger partial charge in [0.05, 0.1) is 0 Å². The highest BCUT2D eigenvalue weighted by Gasteiger charge is 2.11. The molecule has 134 valence electrons. The second kappa shape index (κ2) is 6.87. The van der Waals surface area contributed by atoms with E-state index >= 15 is 0 Å². The van der Waals surface area contributed by atoms with Gasteiger partial charge in [0.1, 0.15) is 5.82 Å². The Hall–Kier alpha value is -3.74. The fraction of sp³-hybridized carbons (Fsp3) is 0.100. The van der Waals surface area contributed by atoms with Crippen molar-refractivity contribution in [3.8, 4) is 22.5 Å². The first-order chi connectivity index (χ1) is 13.1. The normalized spacial score (nSPS) is 10.9. The number of hydrogen-bond acceptors (Lipinski definition) is 5. The number of nitrogens with zero attached hydrogens (tertiary/aromatic N) is 2. The molecule has 0 spiro atoms. The van der Waals surface area contributed by atoms with Crippen LogP contribution < -0.4 is 11.3 Å². The molecule has 27 heavy (non-hydrogen) atoms. The van der Waals surface area contributed by atoms with E-state index in [4.69, 9.17) is 0 Å². The molecule has 2 heterocycles. The smallest absolute Gasteiger partial charge is 0.311 e. The molecule has 0 radical (unpaired) electrons. The molecule has 0 saturated carbocycles.